The van der Waals surface area contributed by atoms with E-state index >= 15 is 0 Å². The first-order valence-electron chi connectivity index (χ1n) is 7.55. The molecule has 4 heteroatoms. The molecule has 1 N–H and O–H groups in total. The van der Waals surface area contributed by atoms with E-state index < -0.39 is 0 Å². The van der Waals surface area contributed by atoms with E-state index in [9.17, 15) is 0 Å². The Morgan fingerprint density at radius 2 is 2.05 bits per heavy atom. The van der Waals surface area contributed by atoms with Gasteiger partial charge in [-0.15, -0.1) is 0 Å². The lowest BCUT2D eigenvalue weighted by Gasteiger charge is -2.19. The van der Waals surface area contributed by atoms with E-state index in [1.165, 1.54) is 31.4 Å². The van der Waals surface area contributed by atoms with Crippen LogP contribution >= 0.6 is 0 Å². The fourth-order valence-electron chi connectivity index (χ4n) is 2.47. The minimum atomic E-state index is 0.334. The number of aryl methyl sites for hydroxylation is 1. The number of hydrogen-bond acceptors (Lipinski definition) is 3. The Morgan fingerprint density at radius 1 is 1.26 bits per heavy atom. The third kappa shape index (κ3) is 4.53. The van der Waals surface area contributed by atoms with Gasteiger partial charge in [-0.1, -0.05) is 39.5 Å². The summed E-state index contributed by atoms with van der Waals surface area (Å²) in [7, 11) is 3.74. The molecule has 0 aliphatic carbocycles. The van der Waals surface area contributed by atoms with E-state index in [0.717, 1.165) is 25.1 Å². The fourth-order valence-corrected chi connectivity index (χ4v) is 2.47. The zero-order valence-corrected chi connectivity index (χ0v) is 12.9. The molecule has 0 aliphatic rings. The number of hydrogen-bond donors (Lipinski definition) is 1. The summed E-state index contributed by atoms with van der Waals surface area (Å²) < 4.78 is 7.54. The van der Waals surface area contributed by atoms with Gasteiger partial charge in [0, 0.05) is 6.54 Å². The van der Waals surface area contributed by atoms with Crippen LogP contribution in [0.2, 0.25) is 0 Å². The van der Waals surface area contributed by atoms with Gasteiger partial charge in [0.05, 0.1) is 25.0 Å². The summed E-state index contributed by atoms with van der Waals surface area (Å²) in [4.78, 5) is 0. The van der Waals surface area contributed by atoms with E-state index in [1.54, 1.807) is 7.11 Å². The summed E-state index contributed by atoms with van der Waals surface area (Å²) in [5.41, 5.74) is 1.20. The third-order valence-electron chi connectivity index (χ3n) is 3.53. The molecule has 1 atom stereocenters. The van der Waals surface area contributed by atoms with Crippen LogP contribution in [0.5, 0.6) is 5.75 Å². The van der Waals surface area contributed by atoms with Crippen molar-refractivity contribution in [2.75, 3.05) is 14.2 Å². The summed E-state index contributed by atoms with van der Waals surface area (Å²) in [5.74, 6) is 0.906. The molecule has 1 unspecified atom stereocenters. The third-order valence-corrected chi connectivity index (χ3v) is 3.53. The number of ether oxygens (including phenoxy) is 1. The minimum Gasteiger partial charge on any atom is -0.493 e. The molecule has 0 radical (unpaired) electrons. The van der Waals surface area contributed by atoms with Crippen LogP contribution in [-0.2, 0) is 6.54 Å². The van der Waals surface area contributed by atoms with Crippen LogP contribution in [0, 0.1) is 0 Å². The predicted molar refractivity (Wildman–Crippen MR) is 79.6 cm³/mol. The Hall–Kier alpha value is -1.03. The SMILES string of the molecule is CCCCCCC(NC)c1c(OC)cnn1CCC. The highest BCUT2D eigenvalue weighted by molar-refractivity contribution is 5.28. The Bertz CT molecular complexity index is 349. The molecular formula is C15H29N3O. The number of rotatable bonds is 10. The standard InChI is InChI=1S/C15H29N3O/c1-5-7-8-9-10-13(16-3)15-14(19-4)12-17-18(15)11-6-2/h12-13,16H,5-11H2,1-4H3. The lowest BCUT2D eigenvalue weighted by Crippen LogP contribution is -2.21. The molecular weight excluding hydrogens is 238 g/mol. The van der Waals surface area contributed by atoms with Gasteiger partial charge in [0.2, 0.25) is 0 Å². The molecule has 0 spiro atoms. The van der Waals surface area contributed by atoms with Crippen LogP contribution in [0.15, 0.2) is 6.20 Å². The second-order valence-electron chi connectivity index (χ2n) is 5.01. The Labute approximate surface area is 117 Å². The predicted octanol–water partition coefficient (Wildman–Crippen LogP) is 3.53. The van der Waals surface area contributed by atoms with Crippen molar-refractivity contribution >= 4 is 0 Å². The second kappa shape index (κ2) is 8.97. The average molecular weight is 267 g/mol. The zero-order valence-electron chi connectivity index (χ0n) is 12.9. The molecule has 4 nitrogen and oxygen atoms in total. The van der Waals surface area contributed by atoms with Crippen molar-refractivity contribution < 1.29 is 4.74 Å². The van der Waals surface area contributed by atoms with Gasteiger partial charge in [0.25, 0.3) is 0 Å². The van der Waals surface area contributed by atoms with Gasteiger partial charge >= 0.3 is 0 Å². The second-order valence-corrected chi connectivity index (χ2v) is 5.01. The molecule has 1 heterocycles. The number of nitrogens with zero attached hydrogens (tertiary/aromatic N) is 2. The largest absolute Gasteiger partial charge is 0.493 e. The molecule has 1 rings (SSSR count). The Morgan fingerprint density at radius 3 is 2.63 bits per heavy atom. The van der Waals surface area contributed by atoms with Crippen molar-refractivity contribution in [2.45, 2.75) is 65.0 Å². The molecule has 1 aromatic rings. The molecule has 0 fully saturated rings. The lowest BCUT2D eigenvalue weighted by atomic mass is 10.0. The van der Waals surface area contributed by atoms with Crippen LogP contribution in [-0.4, -0.2) is 23.9 Å². The summed E-state index contributed by atoms with van der Waals surface area (Å²) in [6.07, 6.45) is 9.22. The number of methoxy groups -OCH3 is 1. The van der Waals surface area contributed by atoms with Gasteiger partial charge in [0.15, 0.2) is 5.75 Å². The molecule has 0 saturated carbocycles. The van der Waals surface area contributed by atoms with Crippen molar-refractivity contribution in [3.63, 3.8) is 0 Å². The topological polar surface area (TPSA) is 39.1 Å². The maximum absolute atomic E-state index is 5.46. The van der Waals surface area contributed by atoms with E-state index in [4.69, 9.17) is 4.74 Å². The molecule has 0 saturated heterocycles. The van der Waals surface area contributed by atoms with Gasteiger partial charge in [-0.2, -0.15) is 5.10 Å². The van der Waals surface area contributed by atoms with Gasteiger partial charge in [-0.05, 0) is 19.9 Å². The van der Waals surface area contributed by atoms with Crippen molar-refractivity contribution in [3.05, 3.63) is 11.9 Å². The molecule has 0 aromatic carbocycles. The van der Waals surface area contributed by atoms with Crippen molar-refractivity contribution in [2.24, 2.45) is 0 Å². The van der Waals surface area contributed by atoms with E-state index in [-0.39, 0.29) is 0 Å². The Kier molecular flexibility index (Phi) is 7.56. The van der Waals surface area contributed by atoms with Crippen molar-refractivity contribution in [3.8, 4) is 5.75 Å². The first-order chi connectivity index (χ1) is 9.28. The number of unbranched alkanes of at least 4 members (excludes halogenated alkanes) is 3. The summed E-state index contributed by atoms with van der Waals surface area (Å²) >= 11 is 0. The zero-order chi connectivity index (χ0) is 14.1. The lowest BCUT2D eigenvalue weighted by molar-refractivity contribution is 0.385. The number of nitrogens with one attached hydrogen (secondary N) is 1. The monoisotopic (exact) mass is 267 g/mol. The normalized spacial score (nSPS) is 12.6. The molecule has 0 bridgehead atoms. The van der Waals surface area contributed by atoms with E-state index in [0.29, 0.717) is 6.04 Å². The molecule has 110 valence electrons. The van der Waals surface area contributed by atoms with E-state index in [1.807, 2.05) is 13.2 Å². The molecule has 19 heavy (non-hydrogen) atoms. The van der Waals surface area contributed by atoms with Crippen LogP contribution in [0.4, 0.5) is 0 Å². The van der Waals surface area contributed by atoms with Crippen molar-refractivity contribution in [1.29, 1.82) is 0 Å². The van der Waals surface area contributed by atoms with Crippen LogP contribution in [0.25, 0.3) is 0 Å². The maximum atomic E-state index is 5.46. The molecule has 0 aliphatic heterocycles. The molecule has 1 aromatic heterocycles. The van der Waals surface area contributed by atoms with Crippen LogP contribution in [0.3, 0.4) is 0 Å². The van der Waals surface area contributed by atoms with Gasteiger partial charge in [-0.25, -0.2) is 0 Å². The van der Waals surface area contributed by atoms with Crippen LogP contribution < -0.4 is 10.1 Å². The van der Waals surface area contributed by atoms with Gasteiger partial charge < -0.3 is 10.1 Å². The Balaban J connectivity index is 2.74. The average Bonchev–Trinajstić information content (AvgIpc) is 2.82. The highest BCUT2D eigenvalue weighted by Crippen LogP contribution is 2.28. The summed E-state index contributed by atoms with van der Waals surface area (Å²) in [6.45, 7) is 5.37. The minimum absolute atomic E-state index is 0.334. The van der Waals surface area contributed by atoms with Crippen LogP contribution in [0.1, 0.15) is 64.1 Å². The number of aromatic nitrogens is 2. The van der Waals surface area contributed by atoms with Crippen molar-refractivity contribution in [1.82, 2.24) is 15.1 Å². The summed E-state index contributed by atoms with van der Waals surface area (Å²) in [6, 6.07) is 0.334. The first kappa shape index (κ1) is 16.0. The fraction of sp³-hybridized carbons (Fsp3) is 0.800. The van der Waals surface area contributed by atoms with E-state index in [2.05, 4.69) is 28.9 Å². The highest BCUT2D eigenvalue weighted by Gasteiger charge is 2.19. The quantitative estimate of drug-likeness (QED) is 0.659. The summed E-state index contributed by atoms with van der Waals surface area (Å²) in [5, 5.41) is 7.86. The first-order valence-corrected chi connectivity index (χ1v) is 7.55. The molecule has 0 amide bonds. The van der Waals surface area contributed by atoms with Gasteiger partial charge in [-0.3, -0.25) is 4.68 Å². The smallest absolute Gasteiger partial charge is 0.161 e. The van der Waals surface area contributed by atoms with Gasteiger partial charge in [0.1, 0.15) is 0 Å². The highest BCUT2D eigenvalue weighted by atomic mass is 16.5. The maximum Gasteiger partial charge on any atom is 0.161 e.